The molecule has 0 aliphatic heterocycles. The van der Waals surface area contributed by atoms with E-state index in [0.29, 0.717) is 17.1 Å². The van der Waals surface area contributed by atoms with E-state index in [1.807, 2.05) is 0 Å². The number of amides is 1. The highest BCUT2D eigenvalue weighted by Crippen LogP contribution is 2.19. The van der Waals surface area contributed by atoms with Crippen molar-refractivity contribution in [1.29, 1.82) is 0 Å². The van der Waals surface area contributed by atoms with Gasteiger partial charge in [-0.3, -0.25) is 9.59 Å². The number of nitrogens with zero attached hydrogens (tertiary/aromatic N) is 1. The average Bonchev–Trinajstić information content (AvgIpc) is 3.13. The number of aryl methyl sites for hydroxylation is 1. The molecule has 0 saturated heterocycles. The van der Waals surface area contributed by atoms with Gasteiger partial charge >= 0.3 is 5.97 Å². The molecule has 0 spiro atoms. The lowest BCUT2D eigenvalue weighted by Crippen LogP contribution is -2.32. The Kier molecular flexibility index (Phi) is 5.28. The zero-order valence-corrected chi connectivity index (χ0v) is 13.7. The molecule has 23 heavy (non-hydrogen) atoms. The fourth-order valence-corrected chi connectivity index (χ4v) is 2.56. The number of esters is 1. The predicted octanol–water partition coefficient (Wildman–Crippen LogP) is 2.82. The molecule has 8 heteroatoms. The van der Waals surface area contributed by atoms with Crippen LogP contribution >= 0.6 is 11.3 Å². The van der Waals surface area contributed by atoms with Crippen molar-refractivity contribution in [1.82, 2.24) is 5.16 Å². The van der Waals surface area contributed by atoms with Crippen LogP contribution in [0.4, 0.5) is 5.82 Å². The molecule has 0 saturated carbocycles. The first kappa shape index (κ1) is 16.9. The molecule has 0 fully saturated rings. The molecule has 2 aromatic rings. The number of ether oxygens (including phenoxy) is 1. The van der Waals surface area contributed by atoms with Gasteiger partial charge in [0.1, 0.15) is 10.6 Å². The Labute approximate surface area is 136 Å². The molecule has 0 radical (unpaired) electrons. The lowest BCUT2D eigenvalue weighted by Gasteiger charge is -2.14. The Morgan fingerprint density at radius 2 is 2.04 bits per heavy atom. The van der Waals surface area contributed by atoms with Crippen LogP contribution in [0.3, 0.4) is 0 Å². The fraction of sp³-hybridized carbons (Fsp3) is 0.333. The minimum Gasteiger partial charge on any atom is -0.448 e. The maximum Gasteiger partial charge on any atom is 0.349 e. The van der Waals surface area contributed by atoms with Gasteiger partial charge < -0.3 is 14.6 Å². The maximum atomic E-state index is 12.1. The highest BCUT2D eigenvalue weighted by Gasteiger charge is 2.24. The second-order valence-electron chi connectivity index (χ2n) is 4.83. The zero-order chi connectivity index (χ0) is 17.0. The topological polar surface area (TPSA) is 98.5 Å². The number of ketones is 1. The predicted molar refractivity (Wildman–Crippen MR) is 83.7 cm³/mol. The summed E-state index contributed by atoms with van der Waals surface area (Å²) in [5.74, 6) is -0.434. The highest BCUT2D eigenvalue weighted by molar-refractivity contribution is 7.15. The Morgan fingerprint density at radius 1 is 1.35 bits per heavy atom. The van der Waals surface area contributed by atoms with Crippen LogP contribution in [0, 0.1) is 6.92 Å². The summed E-state index contributed by atoms with van der Waals surface area (Å²) in [6.07, 6.45) is -0.651. The lowest BCUT2D eigenvalue weighted by atomic mass is 10.2. The third kappa shape index (κ3) is 4.26. The van der Waals surface area contributed by atoms with Crippen LogP contribution in [-0.2, 0) is 9.53 Å². The molecule has 0 bridgehead atoms. The highest BCUT2D eigenvalue weighted by atomic mass is 32.1. The molecule has 0 aromatic carbocycles. The van der Waals surface area contributed by atoms with Crippen LogP contribution in [0.5, 0.6) is 0 Å². The van der Waals surface area contributed by atoms with Gasteiger partial charge in [0.25, 0.3) is 5.91 Å². The van der Waals surface area contributed by atoms with E-state index in [1.54, 1.807) is 26.0 Å². The van der Waals surface area contributed by atoms with Gasteiger partial charge in [0, 0.05) is 6.07 Å². The molecule has 1 N–H and O–H groups in total. The van der Waals surface area contributed by atoms with E-state index < -0.39 is 18.0 Å². The smallest absolute Gasteiger partial charge is 0.349 e. The summed E-state index contributed by atoms with van der Waals surface area (Å²) in [4.78, 5) is 36.2. The molecule has 2 rings (SSSR count). The van der Waals surface area contributed by atoms with Crippen molar-refractivity contribution in [2.75, 3.05) is 5.32 Å². The summed E-state index contributed by atoms with van der Waals surface area (Å²) in [5.41, 5.74) is 0. The summed E-state index contributed by atoms with van der Waals surface area (Å²) in [6, 6.07) is 4.63. The van der Waals surface area contributed by atoms with E-state index in [2.05, 4.69) is 10.5 Å². The number of carbonyl (C=O) groups excluding carboxylic acids is 3. The Hall–Kier alpha value is -2.48. The molecule has 0 aliphatic carbocycles. The van der Waals surface area contributed by atoms with Gasteiger partial charge in [-0.05, 0) is 32.4 Å². The van der Waals surface area contributed by atoms with Gasteiger partial charge in [0.15, 0.2) is 17.7 Å². The second-order valence-corrected chi connectivity index (χ2v) is 5.92. The Bertz CT molecular complexity index is 734. The van der Waals surface area contributed by atoms with Gasteiger partial charge in [-0.15, -0.1) is 11.3 Å². The normalized spacial score (nSPS) is 11.8. The Balaban J connectivity index is 2.01. The molecule has 1 amide bonds. The van der Waals surface area contributed by atoms with E-state index >= 15 is 0 Å². The molecular weight excluding hydrogens is 320 g/mol. The first-order valence-corrected chi connectivity index (χ1v) is 7.78. The van der Waals surface area contributed by atoms with Crippen molar-refractivity contribution in [3.05, 3.63) is 33.7 Å². The van der Waals surface area contributed by atoms with Crippen LogP contribution in [0.25, 0.3) is 0 Å². The first-order valence-electron chi connectivity index (χ1n) is 6.96. The summed E-state index contributed by atoms with van der Waals surface area (Å²) in [6.45, 7) is 4.84. The summed E-state index contributed by atoms with van der Waals surface area (Å²) in [5, 5.41) is 6.17. The minimum absolute atomic E-state index is 0.125. The van der Waals surface area contributed by atoms with E-state index in [0.717, 1.165) is 11.3 Å². The Morgan fingerprint density at radius 3 is 2.57 bits per heavy atom. The number of carbonyl (C=O) groups is 3. The molecule has 2 heterocycles. The largest absolute Gasteiger partial charge is 0.448 e. The molecule has 2 aromatic heterocycles. The van der Waals surface area contributed by atoms with Gasteiger partial charge in [0.05, 0.1) is 4.88 Å². The maximum absolute atomic E-state index is 12.1. The third-order valence-electron chi connectivity index (χ3n) is 2.95. The SMILES string of the molecule is CCC(OC(=O)c1ccc(C(C)=O)s1)C(=O)Nc1cc(C)on1. The number of aromatic nitrogens is 1. The van der Waals surface area contributed by atoms with Crippen LogP contribution < -0.4 is 5.32 Å². The lowest BCUT2D eigenvalue weighted by molar-refractivity contribution is -0.124. The molecule has 1 atom stereocenters. The number of Topliss-reactive ketones (excluding diaryl/α,β-unsaturated/α-hetero) is 1. The number of hydrogen-bond acceptors (Lipinski definition) is 7. The van der Waals surface area contributed by atoms with Crippen molar-refractivity contribution in [3.8, 4) is 0 Å². The molecule has 7 nitrogen and oxygen atoms in total. The summed E-state index contributed by atoms with van der Waals surface area (Å²) in [7, 11) is 0. The number of rotatable bonds is 6. The molecule has 122 valence electrons. The van der Waals surface area contributed by atoms with Crippen LogP contribution in [-0.4, -0.2) is 28.9 Å². The van der Waals surface area contributed by atoms with Crippen molar-refractivity contribution < 1.29 is 23.6 Å². The first-order chi connectivity index (χ1) is 10.9. The van der Waals surface area contributed by atoms with Crippen LogP contribution in [0.2, 0.25) is 0 Å². The minimum atomic E-state index is -0.956. The summed E-state index contributed by atoms with van der Waals surface area (Å²) >= 11 is 1.04. The van der Waals surface area contributed by atoms with E-state index in [1.165, 1.54) is 13.0 Å². The van der Waals surface area contributed by atoms with Gasteiger partial charge in [-0.2, -0.15) is 0 Å². The van der Waals surface area contributed by atoms with Crippen molar-refractivity contribution in [2.24, 2.45) is 0 Å². The zero-order valence-electron chi connectivity index (χ0n) is 12.9. The van der Waals surface area contributed by atoms with Crippen LogP contribution in [0.15, 0.2) is 22.7 Å². The molecular formula is C15H16N2O5S. The third-order valence-corrected chi connectivity index (χ3v) is 4.11. The second kappa shape index (κ2) is 7.19. The van der Waals surface area contributed by atoms with Crippen molar-refractivity contribution in [2.45, 2.75) is 33.3 Å². The quantitative estimate of drug-likeness (QED) is 0.643. The van der Waals surface area contributed by atoms with E-state index in [4.69, 9.17) is 9.26 Å². The average molecular weight is 336 g/mol. The monoisotopic (exact) mass is 336 g/mol. The molecule has 1 unspecified atom stereocenters. The van der Waals surface area contributed by atoms with Gasteiger partial charge in [-0.1, -0.05) is 12.1 Å². The van der Waals surface area contributed by atoms with E-state index in [-0.39, 0.29) is 16.5 Å². The standard InChI is InChI=1S/C15H16N2O5S/c1-4-10(14(19)16-13-7-8(2)22-17-13)21-15(20)12-6-5-11(23-12)9(3)18/h5-7,10H,4H2,1-3H3,(H,16,17,19). The van der Waals surface area contributed by atoms with Crippen molar-refractivity contribution >= 4 is 34.8 Å². The van der Waals surface area contributed by atoms with E-state index in [9.17, 15) is 14.4 Å². The molecule has 0 aliphatic rings. The number of thiophene rings is 1. The number of hydrogen-bond donors (Lipinski definition) is 1. The fourth-order valence-electron chi connectivity index (χ4n) is 1.78. The van der Waals surface area contributed by atoms with Gasteiger partial charge in [-0.25, -0.2) is 4.79 Å². The summed E-state index contributed by atoms with van der Waals surface area (Å²) < 4.78 is 10.1. The van der Waals surface area contributed by atoms with Crippen molar-refractivity contribution in [3.63, 3.8) is 0 Å². The van der Waals surface area contributed by atoms with Crippen LogP contribution in [0.1, 0.15) is 45.4 Å². The van der Waals surface area contributed by atoms with Gasteiger partial charge in [0.2, 0.25) is 0 Å². The number of nitrogens with one attached hydrogen (secondary N) is 1. The number of anilines is 1.